The van der Waals surface area contributed by atoms with Crippen LogP contribution in [0.5, 0.6) is 0 Å². The lowest BCUT2D eigenvalue weighted by Crippen LogP contribution is -2.37. The van der Waals surface area contributed by atoms with Crippen molar-refractivity contribution in [3.8, 4) is 0 Å². The summed E-state index contributed by atoms with van der Waals surface area (Å²) >= 11 is 3.49. The van der Waals surface area contributed by atoms with E-state index in [1.807, 2.05) is 17.0 Å². The number of amides is 1. The first-order chi connectivity index (χ1) is 9.66. The summed E-state index contributed by atoms with van der Waals surface area (Å²) in [6.45, 7) is 4.76. The molecule has 1 heterocycles. The minimum absolute atomic E-state index is 0.265. The summed E-state index contributed by atoms with van der Waals surface area (Å²) in [5.41, 5.74) is 1.24. The minimum atomic E-state index is 0.265. The van der Waals surface area contributed by atoms with Crippen LogP contribution in [0.15, 0.2) is 28.7 Å². The van der Waals surface area contributed by atoms with Gasteiger partial charge in [-0.15, -0.1) is 0 Å². The molecule has 0 spiro atoms. The number of rotatable bonds is 5. The van der Waals surface area contributed by atoms with Gasteiger partial charge in [0, 0.05) is 36.6 Å². The highest BCUT2D eigenvalue weighted by Crippen LogP contribution is 2.17. The van der Waals surface area contributed by atoms with Gasteiger partial charge in [0.05, 0.1) is 0 Å². The highest BCUT2D eigenvalue weighted by molar-refractivity contribution is 9.10. The van der Waals surface area contributed by atoms with E-state index in [0.29, 0.717) is 12.3 Å². The molecule has 3 nitrogen and oxygen atoms in total. The van der Waals surface area contributed by atoms with Crippen LogP contribution >= 0.6 is 15.9 Å². The average Bonchev–Trinajstić information content (AvgIpc) is 2.48. The van der Waals surface area contributed by atoms with Gasteiger partial charge in [0.15, 0.2) is 0 Å². The Labute approximate surface area is 129 Å². The lowest BCUT2D eigenvalue weighted by Gasteiger charge is -2.27. The number of carbonyl (C=O) groups is 1. The SMILES string of the molecule is CC(NCCC(=O)N1CCCCC1)c1cccc(Br)c1. The zero-order valence-corrected chi connectivity index (χ0v) is 13.7. The minimum Gasteiger partial charge on any atom is -0.343 e. The maximum absolute atomic E-state index is 12.0. The van der Waals surface area contributed by atoms with Crippen LogP contribution in [0.25, 0.3) is 0 Å². The standard InChI is InChI=1S/C16H23BrN2O/c1-13(14-6-5-7-15(17)12-14)18-9-8-16(20)19-10-3-2-4-11-19/h5-7,12-13,18H,2-4,8-11H2,1H3. The van der Waals surface area contributed by atoms with Gasteiger partial charge in [-0.25, -0.2) is 0 Å². The molecule has 1 aromatic rings. The first-order valence-electron chi connectivity index (χ1n) is 7.43. The quantitative estimate of drug-likeness (QED) is 0.890. The molecule has 0 aliphatic carbocycles. The van der Waals surface area contributed by atoms with Crippen LogP contribution in [0.4, 0.5) is 0 Å². The van der Waals surface area contributed by atoms with Crippen molar-refractivity contribution in [3.05, 3.63) is 34.3 Å². The highest BCUT2D eigenvalue weighted by atomic mass is 79.9. The summed E-state index contributed by atoms with van der Waals surface area (Å²) in [4.78, 5) is 14.1. The predicted octanol–water partition coefficient (Wildman–Crippen LogP) is 3.50. The lowest BCUT2D eigenvalue weighted by atomic mass is 10.1. The Bertz CT molecular complexity index is 444. The molecule has 1 aromatic carbocycles. The van der Waals surface area contributed by atoms with Crippen molar-refractivity contribution < 1.29 is 4.79 Å². The van der Waals surface area contributed by atoms with E-state index in [1.165, 1.54) is 12.0 Å². The lowest BCUT2D eigenvalue weighted by molar-refractivity contribution is -0.132. The van der Waals surface area contributed by atoms with Gasteiger partial charge in [0.2, 0.25) is 5.91 Å². The molecule has 1 saturated heterocycles. The molecule has 0 bridgehead atoms. The van der Waals surface area contributed by atoms with Crippen molar-refractivity contribution in [1.29, 1.82) is 0 Å². The number of nitrogens with zero attached hydrogens (tertiary/aromatic N) is 1. The Morgan fingerprint density at radius 2 is 2.10 bits per heavy atom. The molecule has 1 unspecified atom stereocenters. The van der Waals surface area contributed by atoms with E-state index < -0.39 is 0 Å². The fraction of sp³-hybridized carbons (Fsp3) is 0.562. The molecular formula is C16H23BrN2O. The maximum atomic E-state index is 12.0. The smallest absolute Gasteiger partial charge is 0.223 e. The molecule has 1 fully saturated rings. The van der Waals surface area contributed by atoms with Crippen LogP contribution in [0.2, 0.25) is 0 Å². The van der Waals surface area contributed by atoms with Gasteiger partial charge in [-0.3, -0.25) is 4.79 Å². The van der Waals surface area contributed by atoms with E-state index in [2.05, 4.69) is 40.3 Å². The van der Waals surface area contributed by atoms with Crippen molar-refractivity contribution in [2.24, 2.45) is 0 Å². The van der Waals surface area contributed by atoms with Crippen LogP contribution in [0, 0.1) is 0 Å². The summed E-state index contributed by atoms with van der Waals surface area (Å²) < 4.78 is 1.09. The van der Waals surface area contributed by atoms with Crippen LogP contribution in [0.3, 0.4) is 0 Å². The molecule has 4 heteroatoms. The molecule has 2 rings (SSSR count). The topological polar surface area (TPSA) is 32.3 Å². The second-order valence-corrected chi connectivity index (χ2v) is 6.34. The number of likely N-dealkylation sites (tertiary alicyclic amines) is 1. The molecule has 0 radical (unpaired) electrons. The van der Waals surface area contributed by atoms with E-state index in [1.54, 1.807) is 0 Å². The van der Waals surface area contributed by atoms with Gasteiger partial charge >= 0.3 is 0 Å². The highest BCUT2D eigenvalue weighted by Gasteiger charge is 2.16. The van der Waals surface area contributed by atoms with Crippen LogP contribution in [-0.4, -0.2) is 30.4 Å². The monoisotopic (exact) mass is 338 g/mol. The summed E-state index contributed by atoms with van der Waals surface area (Å²) in [5, 5.41) is 3.43. The summed E-state index contributed by atoms with van der Waals surface area (Å²) in [7, 11) is 0. The number of halogens is 1. The Kier molecular flexibility index (Phi) is 6.05. The summed E-state index contributed by atoms with van der Waals surface area (Å²) in [6.07, 6.45) is 4.18. The third kappa shape index (κ3) is 4.60. The second-order valence-electron chi connectivity index (χ2n) is 5.42. The normalized spacial score (nSPS) is 17.0. The van der Waals surface area contributed by atoms with Crippen molar-refractivity contribution in [1.82, 2.24) is 10.2 Å². The summed E-state index contributed by atoms with van der Waals surface area (Å²) in [6, 6.07) is 8.55. The molecule has 0 aromatic heterocycles. The molecule has 1 aliphatic rings. The number of hydrogen-bond donors (Lipinski definition) is 1. The molecule has 20 heavy (non-hydrogen) atoms. The number of benzene rings is 1. The van der Waals surface area contributed by atoms with Gasteiger partial charge in [-0.1, -0.05) is 28.1 Å². The third-order valence-electron chi connectivity index (χ3n) is 3.85. The molecule has 110 valence electrons. The van der Waals surface area contributed by atoms with Gasteiger partial charge in [0.1, 0.15) is 0 Å². The van der Waals surface area contributed by atoms with Crippen molar-refractivity contribution in [2.75, 3.05) is 19.6 Å². The third-order valence-corrected chi connectivity index (χ3v) is 4.34. The zero-order valence-electron chi connectivity index (χ0n) is 12.1. The number of nitrogens with one attached hydrogen (secondary N) is 1. The van der Waals surface area contributed by atoms with E-state index >= 15 is 0 Å². The first-order valence-corrected chi connectivity index (χ1v) is 8.23. The van der Waals surface area contributed by atoms with Gasteiger partial charge in [0.25, 0.3) is 0 Å². The summed E-state index contributed by atoms with van der Waals surface area (Å²) in [5.74, 6) is 0.290. The van der Waals surface area contributed by atoms with Gasteiger partial charge in [-0.05, 0) is 43.9 Å². The molecule has 1 aliphatic heterocycles. The van der Waals surface area contributed by atoms with Crippen LogP contribution in [0.1, 0.15) is 44.2 Å². The second kappa shape index (κ2) is 7.79. The molecule has 1 amide bonds. The van der Waals surface area contributed by atoms with E-state index in [-0.39, 0.29) is 6.04 Å². The maximum Gasteiger partial charge on any atom is 0.223 e. The fourth-order valence-corrected chi connectivity index (χ4v) is 3.01. The Morgan fingerprint density at radius 1 is 1.35 bits per heavy atom. The molecule has 0 saturated carbocycles. The Morgan fingerprint density at radius 3 is 2.80 bits per heavy atom. The number of piperidine rings is 1. The first kappa shape index (κ1) is 15.5. The Hall–Kier alpha value is -0.870. The number of carbonyl (C=O) groups excluding carboxylic acids is 1. The van der Waals surface area contributed by atoms with Crippen LogP contribution < -0.4 is 5.32 Å². The largest absolute Gasteiger partial charge is 0.343 e. The number of hydrogen-bond acceptors (Lipinski definition) is 2. The zero-order chi connectivity index (χ0) is 14.4. The molecule has 1 atom stereocenters. The average molecular weight is 339 g/mol. The fourth-order valence-electron chi connectivity index (χ4n) is 2.59. The predicted molar refractivity (Wildman–Crippen MR) is 85.6 cm³/mol. The van der Waals surface area contributed by atoms with Gasteiger partial charge < -0.3 is 10.2 Å². The van der Waals surface area contributed by atoms with E-state index in [9.17, 15) is 4.79 Å². The van der Waals surface area contributed by atoms with Crippen LogP contribution in [-0.2, 0) is 4.79 Å². The van der Waals surface area contributed by atoms with Gasteiger partial charge in [-0.2, -0.15) is 0 Å². The van der Waals surface area contributed by atoms with Crippen molar-refractivity contribution >= 4 is 21.8 Å². The molecular weight excluding hydrogens is 316 g/mol. The van der Waals surface area contributed by atoms with Crippen molar-refractivity contribution in [2.45, 2.75) is 38.6 Å². The Balaban J connectivity index is 1.73. The molecule has 1 N–H and O–H groups in total. The van der Waals surface area contributed by atoms with E-state index in [0.717, 1.165) is 36.9 Å². The van der Waals surface area contributed by atoms with E-state index in [4.69, 9.17) is 0 Å². The van der Waals surface area contributed by atoms with Crippen molar-refractivity contribution in [3.63, 3.8) is 0 Å².